The average Bonchev–Trinajstić information content (AvgIpc) is 3.17. The molecule has 1 unspecified atom stereocenters. The Bertz CT molecular complexity index is 875. The third-order valence-corrected chi connectivity index (χ3v) is 4.04. The van der Waals surface area contributed by atoms with E-state index in [4.69, 9.17) is 0 Å². The van der Waals surface area contributed by atoms with E-state index in [1.165, 1.54) is 16.6 Å². The number of aromatic amines is 1. The van der Waals surface area contributed by atoms with Crippen LogP contribution in [0, 0.1) is 5.82 Å². The van der Waals surface area contributed by atoms with Crippen molar-refractivity contribution in [2.75, 3.05) is 6.54 Å². The van der Waals surface area contributed by atoms with Crippen LogP contribution in [-0.4, -0.2) is 21.1 Å². The van der Waals surface area contributed by atoms with Crippen molar-refractivity contribution in [1.82, 2.24) is 19.9 Å². The first-order valence-corrected chi connectivity index (χ1v) is 7.33. The van der Waals surface area contributed by atoms with Crippen LogP contribution in [-0.2, 0) is 0 Å². The molecule has 0 aliphatic carbocycles. The van der Waals surface area contributed by atoms with Gasteiger partial charge in [0.1, 0.15) is 5.82 Å². The Labute approximate surface area is 125 Å². The van der Waals surface area contributed by atoms with Crippen LogP contribution < -0.4 is 10.9 Å². The minimum absolute atomic E-state index is 0.137. The molecule has 1 aliphatic heterocycles. The molecule has 0 radical (unpaired) electrons. The Hall–Kier alpha value is -2.47. The predicted molar refractivity (Wildman–Crippen MR) is 81.2 cm³/mol. The van der Waals surface area contributed by atoms with E-state index >= 15 is 0 Å². The van der Waals surface area contributed by atoms with Crippen molar-refractivity contribution in [2.45, 2.75) is 18.9 Å². The molecule has 1 atom stereocenters. The maximum absolute atomic E-state index is 13.0. The Morgan fingerprint density at radius 1 is 1.23 bits per heavy atom. The zero-order chi connectivity index (χ0) is 15.1. The van der Waals surface area contributed by atoms with Crippen LogP contribution in [0.25, 0.3) is 16.9 Å². The molecule has 22 heavy (non-hydrogen) atoms. The summed E-state index contributed by atoms with van der Waals surface area (Å²) >= 11 is 0. The third kappa shape index (κ3) is 2.21. The van der Waals surface area contributed by atoms with Gasteiger partial charge in [0.25, 0.3) is 5.56 Å². The van der Waals surface area contributed by atoms with Gasteiger partial charge in [0.05, 0.1) is 11.4 Å². The molecule has 3 heterocycles. The summed E-state index contributed by atoms with van der Waals surface area (Å²) in [6, 6.07) is 9.67. The molecule has 3 aromatic rings. The Morgan fingerprint density at radius 2 is 2.05 bits per heavy atom. The maximum Gasteiger partial charge on any atom is 0.272 e. The molecule has 6 heteroatoms. The summed E-state index contributed by atoms with van der Waals surface area (Å²) in [7, 11) is 0. The van der Waals surface area contributed by atoms with Gasteiger partial charge in [-0.15, -0.1) is 0 Å². The Balaban J connectivity index is 1.81. The summed E-state index contributed by atoms with van der Waals surface area (Å²) in [5.41, 5.74) is 2.78. The van der Waals surface area contributed by atoms with E-state index in [1.54, 1.807) is 18.2 Å². The molecule has 1 fully saturated rings. The number of aromatic nitrogens is 3. The van der Waals surface area contributed by atoms with Crippen molar-refractivity contribution in [2.24, 2.45) is 0 Å². The summed E-state index contributed by atoms with van der Waals surface area (Å²) in [5, 5.41) is 6.36. The Morgan fingerprint density at radius 3 is 2.77 bits per heavy atom. The molecule has 0 spiro atoms. The summed E-state index contributed by atoms with van der Waals surface area (Å²) in [5.74, 6) is -0.287. The highest BCUT2D eigenvalue weighted by molar-refractivity contribution is 5.63. The van der Waals surface area contributed by atoms with Gasteiger partial charge in [-0.25, -0.2) is 13.9 Å². The van der Waals surface area contributed by atoms with Gasteiger partial charge in [0.2, 0.25) is 0 Å². The van der Waals surface area contributed by atoms with Crippen LogP contribution in [0.15, 0.2) is 41.2 Å². The van der Waals surface area contributed by atoms with Crippen LogP contribution >= 0.6 is 0 Å². The molecule has 4 rings (SSSR count). The standard InChI is InChI=1S/C16H15FN4O/c17-11-5-3-10(4-6-11)13-8-15-19-14(12-2-1-7-18-12)9-16(22)21(15)20-13/h3-6,8-9,12,18,20H,1-2,7H2. The molecule has 2 aromatic heterocycles. The van der Waals surface area contributed by atoms with E-state index in [2.05, 4.69) is 15.4 Å². The van der Waals surface area contributed by atoms with Gasteiger partial charge in [-0.2, -0.15) is 0 Å². The lowest BCUT2D eigenvalue weighted by molar-refractivity contribution is 0.624. The van der Waals surface area contributed by atoms with Crippen molar-refractivity contribution in [3.05, 3.63) is 58.3 Å². The second kappa shape index (κ2) is 5.06. The molecule has 112 valence electrons. The third-order valence-electron chi connectivity index (χ3n) is 4.04. The largest absolute Gasteiger partial charge is 0.309 e. The highest BCUT2D eigenvalue weighted by atomic mass is 19.1. The van der Waals surface area contributed by atoms with Crippen LogP contribution in [0.1, 0.15) is 24.6 Å². The van der Waals surface area contributed by atoms with Gasteiger partial charge < -0.3 is 5.32 Å². The monoisotopic (exact) mass is 298 g/mol. The normalized spacial score (nSPS) is 18.1. The lowest BCUT2D eigenvalue weighted by atomic mass is 10.1. The molecule has 0 saturated carbocycles. The highest BCUT2D eigenvalue weighted by Gasteiger charge is 2.19. The van der Waals surface area contributed by atoms with Gasteiger partial charge in [-0.05, 0) is 49.2 Å². The predicted octanol–water partition coefficient (Wildman–Crippen LogP) is 2.25. The first kappa shape index (κ1) is 13.2. The lowest BCUT2D eigenvalue weighted by Crippen LogP contribution is -2.20. The quantitative estimate of drug-likeness (QED) is 0.763. The number of halogens is 1. The van der Waals surface area contributed by atoms with Crippen molar-refractivity contribution < 1.29 is 4.39 Å². The highest BCUT2D eigenvalue weighted by Crippen LogP contribution is 2.22. The topological polar surface area (TPSA) is 62.2 Å². The van der Waals surface area contributed by atoms with Crippen molar-refractivity contribution >= 4 is 5.65 Å². The van der Waals surface area contributed by atoms with E-state index < -0.39 is 0 Å². The molecule has 0 amide bonds. The lowest BCUT2D eigenvalue weighted by Gasteiger charge is -2.08. The van der Waals surface area contributed by atoms with Gasteiger partial charge in [-0.1, -0.05) is 0 Å². The first-order valence-electron chi connectivity index (χ1n) is 7.33. The number of hydrogen-bond acceptors (Lipinski definition) is 3. The number of H-pyrrole nitrogens is 1. The fourth-order valence-electron chi connectivity index (χ4n) is 2.90. The zero-order valence-electron chi connectivity index (χ0n) is 11.8. The molecule has 1 aliphatic rings. The summed E-state index contributed by atoms with van der Waals surface area (Å²) in [6.45, 7) is 0.958. The van der Waals surface area contributed by atoms with E-state index in [0.29, 0.717) is 5.65 Å². The van der Waals surface area contributed by atoms with Crippen LogP contribution in [0.5, 0.6) is 0 Å². The van der Waals surface area contributed by atoms with E-state index in [1.807, 2.05) is 6.07 Å². The van der Waals surface area contributed by atoms with Crippen molar-refractivity contribution in [1.29, 1.82) is 0 Å². The smallest absolute Gasteiger partial charge is 0.272 e. The van der Waals surface area contributed by atoms with E-state index in [9.17, 15) is 9.18 Å². The molecular weight excluding hydrogens is 283 g/mol. The molecule has 0 bridgehead atoms. The second-order valence-corrected chi connectivity index (χ2v) is 5.54. The molecule has 1 saturated heterocycles. The van der Waals surface area contributed by atoms with Gasteiger partial charge >= 0.3 is 0 Å². The number of rotatable bonds is 2. The number of fused-ring (bicyclic) bond motifs is 1. The summed E-state index contributed by atoms with van der Waals surface area (Å²) < 4.78 is 14.4. The Kier molecular flexibility index (Phi) is 3.04. The van der Waals surface area contributed by atoms with E-state index in [-0.39, 0.29) is 17.4 Å². The summed E-state index contributed by atoms with van der Waals surface area (Å²) in [6.07, 6.45) is 2.09. The van der Waals surface area contributed by atoms with Gasteiger partial charge in [0, 0.05) is 18.2 Å². The molecular formula is C16H15FN4O. The second-order valence-electron chi connectivity index (χ2n) is 5.54. The number of benzene rings is 1. The van der Waals surface area contributed by atoms with Crippen LogP contribution in [0.3, 0.4) is 0 Å². The minimum Gasteiger partial charge on any atom is -0.309 e. The summed E-state index contributed by atoms with van der Waals surface area (Å²) in [4.78, 5) is 16.8. The SMILES string of the molecule is O=c1cc(C2CCCN2)nc2cc(-c3ccc(F)cc3)[nH]n12. The average molecular weight is 298 g/mol. The molecule has 1 aromatic carbocycles. The number of hydrogen-bond donors (Lipinski definition) is 2. The molecule has 5 nitrogen and oxygen atoms in total. The fourth-order valence-corrected chi connectivity index (χ4v) is 2.90. The van der Waals surface area contributed by atoms with Crippen LogP contribution in [0.2, 0.25) is 0 Å². The molecule has 2 N–H and O–H groups in total. The maximum atomic E-state index is 13.0. The van der Waals surface area contributed by atoms with Crippen molar-refractivity contribution in [3.63, 3.8) is 0 Å². The number of nitrogens with one attached hydrogen (secondary N) is 2. The van der Waals surface area contributed by atoms with Crippen molar-refractivity contribution in [3.8, 4) is 11.3 Å². The zero-order valence-corrected chi connectivity index (χ0v) is 11.8. The van der Waals surface area contributed by atoms with Gasteiger partial charge in [-0.3, -0.25) is 9.89 Å². The van der Waals surface area contributed by atoms with E-state index in [0.717, 1.165) is 36.3 Å². The number of nitrogens with zero attached hydrogens (tertiary/aromatic N) is 2. The van der Waals surface area contributed by atoms with Gasteiger partial charge in [0.15, 0.2) is 5.65 Å². The first-order chi connectivity index (χ1) is 10.7. The van der Waals surface area contributed by atoms with Crippen LogP contribution in [0.4, 0.5) is 4.39 Å². The minimum atomic E-state index is -0.287. The fraction of sp³-hybridized carbons (Fsp3) is 0.250.